The number of aliphatic hydroxyl groups is 1. The average Bonchev–Trinajstić information content (AvgIpc) is 3.32. The van der Waals surface area contributed by atoms with Crippen LogP contribution in [0.3, 0.4) is 0 Å². The highest BCUT2D eigenvalue weighted by molar-refractivity contribution is 5.89. The number of benzene rings is 2. The number of nitrogens with two attached hydrogens (primary N) is 1. The number of nitrogens with zero attached hydrogens (tertiary/aromatic N) is 1. The van der Waals surface area contributed by atoms with Gasteiger partial charge in [0.1, 0.15) is 5.75 Å². The van der Waals surface area contributed by atoms with Crippen LogP contribution in [0.1, 0.15) is 49.5 Å². The minimum Gasteiger partial charge on any atom is -0.506 e. The number of aliphatic hydroxyl groups excluding tert-OH is 1. The van der Waals surface area contributed by atoms with Gasteiger partial charge in [-0.2, -0.15) is 0 Å². The quantitative estimate of drug-likeness (QED) is 0.249. The summed E-state index contributed by atoms with van der Waals surface area (Å²) in [4.78, 5) is 25.9. The van der Waals surface area contributed by atoms with Crippen LogP contribution in [0, 0.1) is 0 Å². The second-order valence-corrected chi connectivity index (χ2v) is 10.1. The van der Waals surface area contributed by atoms with Crippen molar-refractivity contribution in [2.75, 3.05) is 38.0 Å². The van der Waals surface area contributed by atoms with Gasteiger partial charge in [0.2, 0.25) is 5.91 Å². The van der Waals surface area contributed by atoms with E-state index in [2.05, 4.69) is 26.9 Å². The number of likely N-dealkylation sites (tertiary alicyclic amines) is 1. The second kappa shape index (κ2) is 12.7. The van der Waals surface area contributed by atoms with Gasteiger partial charge in [0.15, 0.2) is 0 Å². The van der Waals surface area contributed by atoms with Gasteiger partial charge in [-0.3, -0.25) is 4.79 Å². The molecule has 0 spiro atoms. The number of β-amino-alcohol motifs (C(OH)–C–C–N with tert-alkyl or cyclic N) is 1. The molecule has 196 valence electrons. The summed E-state index contributed by atoms with van der Waals surface area (Å²) in [6, 6.07) is 11.7. The van der Waals surface area contributed by atoms with Gasteiger partial charge >= 0.3 is 6.03 Å². The molecule has 1 aliphatic heterocycles. The molecule has 36 heavy (non-hydrogen) atoms. The van der Waals surface area contributed by atoms with Crippen LogP contribution >= 0.6 is 0 Å². The minimum atomic E-state index is -0.853. The molecule has 1 aliphatic rings. The van der Waals surface area contributed by atoms with E-state index in [1.54, 1.807) is 6.07 Å². The molecular formula is C27H39N5O4. The Kier molecular flexibility index (Phi) is 9.69. The molecule has 2 aromatic rings. The number of rotatable bonds is 12. The summed E-state index contributed by atoms with van der Waals surface area (Å²) in [7, 11) is 0. The van der Waals surface area contributed by atoms with Crippen LogP contribution < -0.4 is 21.7 Å². The first-order chi connectivity index (χ1) is 17.1. The van der Waals surface area contributed by atoms with Crippen molar-refractivity contribution in [1.29, 1.82) is 0 Å². The first-order valence-electron chi connectivity index (χ1n) is 12.5. The number of primary amides is 1. The Morgan fingerprint density at radius 2 is 1.83 bits per heavy atom. The number of nitrogens with one attached hydrogen (secondary N) is 3. The van der Waals surface area contributed by atoms with Gasteiger partial charge in [-0.25, -0.2) is 4.79 Å². The Labute approximate surface area is 213 Å². The van der Waals surface area contributed by atoms with Crippen molar-refractivity contribution >= 4 is 17.6 Å². The minimum absolute atomic E-state index is 0.0333. The first-order valence-corrected chi connectivity index (χ1v) is 12.5. The third-order valence-corrected chi connectivity index (χ3v) is 6.39. The largest absolute Gasteiger partial charge is 0.506 e. The van der Waals surface area contributed by atoms with Gasteiger partial charge in [0.05, 0.1) is 18.2 Å². The number of hydrogen-bond donors (Lipinski definition) is 6. The Morgan fingerprint density at radius 3 is 2.56 bits per heavy atom. The van der Waals surface area contributed by atoms with E-state index in [1.165, 1.54) is 25.0 Å². The smallest absolute Gasteiger partial charge is 0.316 e. The van der Waals surface area contributed by atoms with Crippen molar-refractivity contribution in [1.82, 2.24) is 15.5 Å². The molecule has 7 N–H and O–H groups in total. The van der Waals surface area contributed by atoms with Crippen LogP contribution in [0.25, 0.3) is 0 Å². The molecule has 1 fully saturated rings. The second-order valence-electron chi connectivity index (χ2n) is 10.1. The summed E-state index contributed by atoms with van der Waals surface area (Å²) in [6.07, 6.45) is 2.69. The molecule has 9 heteroatoms. The predicted octanol–water partition coefficient (Wildman–Crippen LogP) is 2.28. The van der Waals surface area contributed by atoms with E-state index in [9.17, 15) is 19.8 Å². The summed E-state index contributed by atoms with van der Waals surface area (Å²) in [5, 5.41) is 29.3. The predicted molar refractivity (Wildman–Crippen MR) is 141 cm³/mol. The van der Waals surface area contributed by atoms with Crippen LogP contribution in [0.2, 0.25) is 0 Å². The molecule has 0 unspecified atom stereocenters. The normalized spacial score (nSPS) is 15.0. The van der Waals surface area contributed by atoms with Crippen molar-refractivity contribution in [3.05, 3.63) is 59.2 Å². The molecule has 0 bridgehead atoms. The van der Waals surface area contributed by atoms with Crippen LogP contribution in [-0.2, 0) is 17.6 Å². The van der Waals surface area contributed by atoms with E-state index in [1.807, 2.05) is 32.0 Å². The number of amides is 3. The number of aromatic hydroxyl groups is 1. The lowest BCUT2D eigenvalue weighted by Gasteiger charge is -2.28. The summed E-state index contributed by atoms with van der Waals surface area (Å²) in [5.41, 5.74) is 7.56. The number of hydrogen-bond acceptors (Lipinski definition) is 6. The van der Waals surface area contributed by atoms with Crippen LogP contribution in [0.5, 0.6) is 5.75 Å². The molecule has 0 saturated carbocycles. The van der Waals surface area contributed by atoms with Gasteiger partial charge in [-0.1, -0.05) is 30.3 Å². The Balaban J connectivity index is 1.49. The summed E-state index contributed by atoms with van der Waals surface area (Å²) in [5.74, 6) is -0.0934. The lowest BCUT2D eigenvalue weighted by atomic mass is 9.93. The van der Waals surface area contributed by atoms with Crippen molar-refractivity contribution in [2.45, 2.75) is 51.2 Å². The average molecular weight is 498 g/mol. The fourth-order valence-electron chi connectivity index (χ4n) is 4.51. The number of carbonyl (C=O) groups excluding carboxylic acids is 2. The number of urea groups is 1. The Morgan fingerprint density at radius 1 is 1.11 bits per heavy atom. The van der Waals surface area contributed by atoms with E-state index in [0.29, 0.717) is 24.9 Å². The van der Waals surface area contributed by atoms with Gasteiger partial charge in [0, 0.05) is 25.2 Å². The fourth-order valence-corrected chi connectivity index (χ4v) is 4.51. The lowest BCUT2D eigenvalue weighted by molar-refractivity contribution is -0.120. The molecule has 0 aromatic heterocycles. The summed E-state index contributed by atoms with van der Waals surface area (Å²) >= 11 is 0. The fraction of sp³-hybridized carbons (Fsp3) is 0.481. The van der Waals surface area contributed by atoms with Crippen LogP contribution in [-0.4, -0.2) is 65.3 Å². The maximum absolute atomic E-state index is 12.4. The van der Waals surface area contributed by atoms with Crippen molar-refractivity contribution < 1.29 is 19.8 Å². The summed E-state index contributed by atoms with van der Waals surface area (Å²) in [6.45, 7) is 8.21. The zero-order valence-corrected chi connectivity index (χ0v) is 21.2. The van der Waals surface area contributed by atoms with E-state index >= 15 is 0 Å². The zero-order valence-electron chi connectivity index (χ0n) is 21.2. The molecule has 9 nitrogen and oxygen atoms in total. The van der Waals surface area contributed by atoms with Crippen molar-refractivity contribution in [3.8, 4) is 5.75 Å². The lowest BCUT2D eigenvalue weighted by Crippen LogP contribution is -2.43. The topological polar surface area (TPSA) is 140 Å². The number of phenolic OH excluding ortho intramolecular Hbond substituents is 1. The zero-order chi connectivity index (χ0) is 26.1. The molecule has 3 amide bonds. The van der Waals surface area contributed by atoms with Crippen LogP contribution in [0.4, 0.5) is 10.5 Å². The summed E-state index contributed by atoms with van der Waals surface area (Å²) < 4.78 is 0. The third-order valence-electron chi connectivity index (χ3n) is 6.39. The molecule has 0 aliphatic carbocycles. The van der Waals surface area contributed by atoms with Crippen molar-refractivity contribution in [2.24, 2.45) is 5.73 Å². The van der Waals surface area contributed by atoms with Gasteiger partial charge < -0.3 is 36.8 Å². The van der Waals surface area contributed by atoms with E-state index in [0.717, 1.165) is 30.8 Å². The van der Waals surface area contributed by atoms with Gasteiger partial charge in [-0.05, 0) is 75.0 Å². The van der Waals surface area contributed by atoms with E-state index in [-0.39, 0.29) is 29.4 Å². The van der Waals surface area contributed by atoms with Gasteiger partial charge in [-0.15, -0.1) is 0 Å². The van der Waals surface area contributed by atoms with E-state index in [4.69, 9.17) is 5.73 Å². The van der Waals surface area contributed by atoms with Gasteiger partial charge in [0.25, 0.3) is 0 Å². The standard InChI is InChI=1S/C27H39N5O4/c1-27(2,30-18-24(34)21-8-9-23(33)22(16-21)31-26(28)36)17-20-7-5-6-19(14-20)15-25(35)29-10-13-32-11-3-4-12-32/h5-9,14,16,24,30,33-34H,3-4,10-13,15,17-18H2,1-2H3,(H,29,35)(H3,28,31,36)/t24-/m0/s1. The highest BCUT2D eigenvalue weighted by Crippen LogP contribution is 2.27. The Bertz CT molecular complexity index is 1040. The first kappa shape index (κ1) is 27.4. The highest BCUT2D eigenvalue weighted by Gasteiger charge is 2.21. The monoisotopic (exact) mass is 497 g/mol. The SMILES string of the molecule is CC(C)(Cc1cccc(CC(=O)NCCN2CCCC2)c1)NC[C@H](O)c1ccc(O)c(NC(N)=O)c1. The number of anilines is 1. The maximum Gasteiger partial charge on any atom is 0.316 e. The van der Waals surface area contributed by atoms with E-state index < -0.39 is 12.1 Å². The number of carbonyl (C=O) groups is 2. The molecule has 1 saturated heterocycles. The van der Waals surface area contributed by atoms with Crippen molar-refractivity contribution in [3.63, 3.8) is 0 Å². The highest BCUT2D eigenvalue weighted by atomic mass is 16.3. The number of phenols is 1. The third kappa shape index (κ3) is 8.82. The molecule has 1 heterocycles. The molecular weight excluding hydrogens is 458 g/mol. The molecule has 1 atom stereocenters. The molecule has 2 aromatic carbocycles. The Hall–Kier alpha value is -3.14. The maximum atomic E-state index is 12.4. The van der Waals surface area contributed by atoms with Crippen LogP contribution in [0.15, 0.2) is 42.5 Å². The molecule has 0 radical (unpaired) electrons. The molecule has 3 rings (SSSR count).